The number of carbonyl (C=O) groups is 1. The second-order valence-electron chi connectivity index (χ2n) is 5.06. The lowest BCUT2D eigenvalue weighted by Crippen LogP contribution is -2.09. The van der Waals surface area contributed by atoms with Crippen molar-refractivity contribution >= 4 is 17.8 Å². The van der Waals surface area contributed by atoms with Crippen LogP contribution in [-0.2, 0) is 4.79 Å². The predicted molar refractivity (Wildman–Crippen MR) is 90.3 cm³/mol. The molecule has 3 rings (SSSR count). The lowest BCUT2D eigenvalue weighted by molar-refractivity contribution is -0.111. The van der Waals surface area contributed by atoms with E-state index in [1.165, 1.54) is 30.3 Å². The van der Waals surface area contributed by atoms with Crippen LogP contribution in [0.1, 0.15) is 5.56 Å². The molecule has 0 bridgehead atoms. The van der Waals surface area contributed by atoms with Gasteiger partial charge in [-0.3, -0.25) is 4.79 Å². The molecule has 1 aromatic heterocycles. The second-order valence-corrected chi connectivity index (χ2v) is 5.06. The number of hydrogen-bond donors (Lipinski definition) is 1. The summed E-state index contributed by atoms with van der Waals surface area (Å²) in [4.78, 5) is 12.1. The van der Waals surface area contributed by atoms with Crippen LogP contribution in [0.2, 0.25) is 0 Å². The Labute approximate surface area is 142 Å². The minimum atomic E-state index is -0.394. The van der Waals surface area contributed by atoms with Gasteiger partial charge >= 0.3 is 0 Å². The number of carbonyl (C=O) groups excluding carboxylic acids is 1. The minimum Gasteiger partial charge on any atom is -0.497 e. The van der Waals surface area contributed by atoms with E-state index in [2.05, 4.69) is 20.3 Å². The highest BCUT2D eigenvalue weighted by atomic mass is 19.1. The van der Waals surface area contributed by atoms with Gasteiger partial charge in [-0.2, -0.15) is 0 Å². The molecule has 0 aliphatic carbocycles. The number of ether oxygens (including phenoxy) is 1. The van der Waals surface area contributed by atoms with Gasteiger partial charge in [0.15, 0.2) is 5.69 Å². The fraction of sp³-hybridized carbons (Fsp3) is 0.0556. The van der Waals surface area contributed by atoms with Gasteiger partial charge in [-0.05, 0) is 58.4 Å². The first-order valence-corrected chi connectivity index (χ1v) is 7.37. The van der Waals surface area contributed by atoms with Crippen molar-refractivity contribution in [3.63, 3.8) is 0 Å². The molecule has 1 N–H and O–H groups in total. The number of methoxy groups -OCH3 is 1. The highest BCUT2D eigenvalue weighted by molar-refractivity contribution is 6.02. The standard InChI is InChI=1S/C18H14FN3O3/c1-24-15-9-2-12(3-10-15)4-11-16(23)20-18-17(21-25-22-18)13-5-7-14(19)8-6-13/h2-11H,1H3,(H,20,22,23). The van der Waals surface area contributed by atoms with Gasteiger partial charge < -0.3 is 10.1 Å². The van der Waals surface area contributed by atoms with Gasteiger partial charge in [0.05, 0.1) is 7.11 Å². The summed E-state index contributed by atoms with van der Waals surface area (Å²) >= 11 is 0. The van der Waals surface area contributed by atoms with Gasteiger partial charge in [-0.25, -0.2) is 9.02 Å². The Morgan fingerprint density at radius 2 is 1.84 bits per heavy atom. The molecule has 0 saturated heterocycles. The molecular formula is C18H14FN3O3. The Morgan fingerprint density at radius 1 is 1.12 bits per heavy atom. The highest BCUT2D eigenvalue weighted by Crippen LogP contribution is 2.24. The molecule has 3 aromatic rings. The summed E-state index contributed by atoms with van der Waals surface area (Å²) in [6.07, 6.45) is 3.02. The van der Waals surface area contributed by atoms with E-state index in [1.54, 1.807) is 25.3 Å². The first-order chi connectivity index (χ1) is 12.2. The van der Waals surface area contributed by atoms with Crippen molar-refractivity contribution in [2.45, 2.75) is 0 Å². The summed E-state index contributed by atoms with van der Waals surface area (Å²) in [5.74, 6) is 0.137. The topological polar surface area (TPSA) is 77.2 Å². The summed E-state index contributed by atoms with van der Waals surface area (Å²) in [6, 6.07) is 12.9. The largest absolute Gasteiger partial charge is 0.497 e. The number of halogens is 1. The fourth-order valence-electron chi connectivity index (χ4n) is 2.11. The lowest BCUT2D eigenvalue weighted by atomic mass is 10.1. The fourth-order valence-corrected chi connectivity index (χ4v) is 2.11. The summed E-state index contributed by atoms with van der Waals surface area (Å²) in [5, 5.41) is 10.0. The quantitative estimate of drug-likeness (QED) is 0.720. The molecular weight excluding hydrogens is 325 g/mol. The maximum absolute atomic E-state index is 13.0. The summed E-state index contributed by atoms with van der Waals surface area (Å²) in [7, 11) is 1.59. The summed E-state index contributed by atoms with van der Waals surface area (Å²) in [6.45, 7) is 0. The minimum absolute atomic E-state index is 0.163. The average Bonchev–Trinajstić information content (AvgIpc) is 3.09. The van der Waals surface area contributed by atoms with Gasteiger partial charge in [0, 0.05) is 11.6 Å². The smallest absolute Gasteiger partial charge is 0.249 e. The number of amides is 1. The molecule has 7 heteroatoms. The molecule has 0 spiro atoms. The molecule has 2 aromatic carbocycles. The number of benzene rings is 2. The predicted octanol–water partition coefficient (Wildman–Crippen LogP) is 3.54. The van der Waals surface area contributed by atoms with Crippen molar-refractivity contribution in [1.82, 2.24) is 10.3 Å². The second kappa shape index (κ2) is 7.39. The molecule has 0 aliphatic rings. The zero-order valence-electron chi connectivity index (χ0n) is 13.3. The van der Waals surface area contributed by atoms with E-state index in [9.17, 15) is 9.18 Å². The van der Waals surface area contributed by atoms with Crippen molar-refractivity contribution in [3.05, 3.63) is 66.0 Å². The van der Waals surface area contributed by atoms with Crippen molar-refractivity contribution in [2.75, 3.05) is 12.4 Å². The van der Waals surface area contributed by atoms with Crippen LogP contribution >= 0.6 is 0 Å². The molecule has 0 saturated carbocycles. The number of aromatic nitrogens is 2. The van der Waals surface area contributed by atoms with E-state index in [0.29, 0.717) is 11.3 Å². The Bertz CT molecular complexity index is 887. The van der Waals surface area contributed by atoms with Gasteiger partial charge in [0.1, 0.15) is 11.6 Å². The molecule has 0 unspecified atom stereocenters. The summed E-state index contributed by atoms with van der Waals surface area (Å²) < 4.78 is 22.8. The third-order valence-electron chi connectivity index (χ3n) is 3.39. The van der Waals surface area contributed by atoms with E-state index in [4.69, 9.17) is 4.74 Å². The van der Waals surface area contributed by atoms with E-state index in [1.807, 2.05) is 12.1 Å². The zero-order chi connectivity index (χ0) is 17.6. The molecule has 25 heavy (non-hydrogen) atoms. The van der Waals surface area contributed by atoms with Crippen LogP contribution in [0.5, 0.6) is 5.75 Å². The van der Waals surface area contributed by atoms with Crippen LogP contribution in [0.15, 0.2) is 59.2 Å². The zero-order valence-corrected chi connectivity index (χ0v) is 13.3. The number of nitrogens with zero attached hydrogens (tertiary/aromatic N) is 2. The van der Waals surface area contributed by atoms with Crippen LogP contribution < -0.4 is 10.1 Å². The molecule has 0 aliphatic heterocycles. The Kier molecular flexibility index (Phi) is 4.84. The van der Waals surface area contributed by atoms with Gasteiger partial charge in [-0.15, -0.1) is 0 Å². The molecule has 0 fully saturated rings. The maximum atomic E-state index is 13.0. The third kappa shape index (κ3) is 4.08. The Balaban J connectivity index is 1.70. The number of hydrogen-bond acceptors (Lipinski definition) is 5. The van der Waals surface area contributed by atoms with E-state index in [-0.39, 0.29) is 11.6 Å². The highest BCUT2D eigenvalue weighted by Gasteiger charge is 2.14. The van der Waals surface area contributed by atoms with Crippen molar-refractivity contribution < 1.29 is 18.6 Å². The maximum Gasteiger partial charge on any atom is 0.249 e. The van der Waals surface area contributed by atoms with Gasteiger partial charge in [0.2, 0.25) is 11.7 Å². The Morgan fingerprint density at radius 3 is 2.52 bits per heavy atom. The van der Waals surface area contributed by atoms with E-state index in [0.717, 1.165) is 11.3 Å². The van der Waals surface area contributed by atoms with Crippen LogP contribution in [-0.4, -0.2) is 23.3 Å². The lowest BCUT2D eigenvalue weighted by Gasteiger charge is -2.01. The van der Waals surface area contributed by atoms with Crippen molar-refractivity contribution in [3.8, 4) is 17.0 Å². The first kappa shape index (κ1) is 16.4. The summed E-state index contributed by atoms with van der Waals surface area (Å²) in [5.41, 5.74) is 1.75. The van der Waals surface area contributed by atoms with Gasteiger partial charge in [0.25, 0.3) is 0 Å². The van der Waals surface area contributed by atoms with Crippen LogP contribution in [0.3, 0.4) is 0 Å². The SMILES string of the molecule is COc1ccc(C=CC(=O)Nc2nonc2-c2ccc(F)cc2)cc1. The van der Waals surface area contributed by atoms with Crippen LogP contribution in [0, 0.1) is 5.82 Å². The van der Waals surface area contributed by atoms with E-state index >= 15 is 0 Å². The third-order valence-corrected chi connectivity index (χ3v) is 3.39. The number of rotatable bonds is 5. The molecule has 6 nitrogen and oxygen atoms in total. The average molecular weight is 339 g/mol. The Hall–Kier alpha value is -3.48. The van der Waals surface area contributed by atoms with Crippen LogP contribution in [0.4, 0.5) is 10.2 Å². The number of nitrogens with one attached hydrogen (secondary N) is 1. The van der Waals surface area contributed by atoms with Crippen molar-refractivity contribution in [2.24, 2.45) is 0 Å². The molecule has 126 valence electrons. The molecule has 1 heterocycles. The normalized spacial score (nSPS) is 10.8. The molecule has 1 amide bonds. The molecule has 0 atom stereocenters. The van der Waals surface area contributed by atoms with Gasteiger partial charge in [-0.1, -0.05) is 12.1 Å². The van der Waals surface area contributed by atoms with Crippen molar-refractivity contribution in [1.29, 1.82) is 0 Å². The van der Waals surface area contributed by atoms with Crippen LogP contribution in [0.25, 0.3) is 17.3 Å². The first-order valence-electron chi connectivity index (χ1n) is 7.37. The van der Waals surface area contributed by atoms with E-state index < -0.39 is 5.91 Å². The molecule has 0 radical (unpaired) electrons. The monoisotopic (exact) mass is 339 g/mol. The number of anilines is 1.